The molecule has 0 saturated carbocycles. The van der Waals surface area contributed by atoms with Gasteiger partial charge >= 0.3 is 0 Å². The second kappa shape index (κ2) is 8.75. The predicted molar refractivity (Wildman–Crippen MR) is 107 cm³/mol. The van der Waals surface area contributed by atoms with Crippen LogP contribution in [0.4, 0.5) is 5.69 Å². The number of hydrogen-bond acceptors (Lipinski definition) is 5. The number of hydrogen-bond donors (Lipinski definition) is 1. The molecule has 1 aliphatic rings. The third-order valence-electron chi connectivity index (χ3n) is 4.45. The summed E-state index contributed by atoms with van der Waals surface area (Å²) >= 11 is 5.88. The SMILES string of the molecule is COc1cccc(/C=N\NC(=O)[C@@H]2CC(=O)N(c3ccc(Cl)cc3)C2)c1OC. The van der Waals surface area contributed by atoms with Crippen LogP contribution in [0.2, 0.25) is 5.02 Å². The van der Waals surface area contributed by atoms with Crippen molar-refractivity contribution in [1.82, 2.24) is 5.43 Å². The van der Waals surface area contributed by atoms with Crippen molar-refractivity contribution in [3.63, 3.8) is 0 Å². The maximum atomic E-state index is 12.4. The third kappa shape index (κ3) is 4.26. The van der Waals surface area contributed by atoms with Gasteiger partial charge in [-0.2, -0.15) is 5.10 Å². The van der Waals surface area contributed by atoms with Crippen LogP contribution in [-0.4, -0.2) is 38.8 Å². The Kier molecular flexibility index (Phi) is 6.16. The first-order valence-electron chi connectivity index (χ1n) is 8.63. The number of amides is 2. The Hall–Kier alpha value is -3.06. The highest BCUT2D eigenvalue weighted by atomic mass is 35.5. The number of nitrogens with one attached hydrogen (secondary N) is 1. The lowest BCUT2D eigenvalue weighted by molar-refractivity contribution is -0.126. The van der Waals surface area contributed by atoms with E-state index in [9.17, 15) is 9.59 Å². The summed E-state index contributed by atoms with van der Waals surface area (Å²) in [5.74, 6) is 0.183. The average Bonchev–Trinajstić information content (AvgIpc) is 3.10. The maximum Gasteiger partial charge on any atom is 0.245 e. The minimum atomic E-state index is -0.479. The van der Waals surface area contributed by atoms with E-state index in [1.54, 1.807) is 54.5 Å². The Bertz CT molecular complexity index is 899. The lowest BCUT2D eigenvalue weighted by Crippen LogP contribution is -2.30. The lowest BCUT2D eigenvalue weighted by atomic mass is 10.1. The number of carbonyl (C=O) groups excluding carboxylic acids is 2. The van der Waals surface area contributed by atoms with Crippen LogP contribution in [0.15, 0.2) is 47.6 Å². The first-order valence-corrected chi connectivity index (χ1v) is 9.01. The highest BCUT2D eigenvalue weighted by Gasteiger charge is 2.35. The number of nitrogens with zero attached hydrogens (tertiary/aromatic N) is 2. The molecule has 2 amide bonds. The molecule has 1 fully saturated rings. The number of carbonyl (C=O) groups is 2. The lowest BCUT2D eigenvalue weighted by Gasteiger charge is -2.16. The summed E-state index contributed by atoms with van der Waals surface area (Å²) in [6.07, 6.45) is 1.61. The van der Waals surface area contributed by atoms with Gasteiger partial charge in [-0.15, -0.1) is 0 Å². The molecule has 1 N–H and O–H groups in total. The summed E-state index contributed by atoms with van der Waals surface area (Å²) in [6.45, 7) is 0.296. The molecule has 0 spiro atoms. The molecule has 1 aliphatic heterocycles. The number of halogens is 1. The van der Waals surface area contributed by atoms with E-state index in [-0.39, 0.29) is 18.2 Å². The fourth-order valence-corrected chi connectivity index (χ4v) is 3.15. The van der Waals surface area contributed by atoms with Crippen LogP contribution in [0, 0.1) is 5.92 Å². The van der Waals surface area contributed by atoms with Crippen LogP contribution in [0.5, 0.6) is 11.5 Å². The van der Waals surface area contributed by atoms with Crippen LogP contribution in [0.25, 0.3) is 0 Å². The number of hydrazone groups is 1. The summed E-state index contributed by atoms with van der Waals surface area (Å²) in [5.41, 5.74) is 3.87. The fraction of sp³-hybridized carbons (Fsp3) is 0.250. The van der Waals surface area contributed by atoms with Crippen LogP contribution in [0.3, 0.4) is 0 Å². The number of methoxy groups -OCH3 is 2. The first kappa shape index (κ1) is 19.7. The molecule has 2 aromatic carbocycles. The van der Waals surface area contributed by atoms with Crippen molar-refractivity contribution in [3.8, 4) is 11.5 Å². The molecule has 0 radical (unpaired) electrons. The molecule has 1 heterocycles. The van der Waals surface area contributed by atoms with Crippen molar-refractivity contribution < 1.29 is 19.1 Å². The molecule has 0 bridgehead atoms. The summed E-state index contributed by atoms with van der Waals surface area (Å²) < 4.78 is 10.6. The van der Waals surface area contributed by atoms with Crippen molar-refractivity contribution >= 4 is 35.3 Å². The van der Waals surface area contributed by atoms with Gasteiger partial charge < -0.3 is 14.4 Å². The fourth-order valence-electron chi connectivity index (χ4n) is 3.02. The van der Waals surface area contributed by atoms with E-state index in [0.29, 0.717) is 34.3 Å². The van der Waals surface area contributed by atoms with Crippen molar-refractivity contribution in [2.75, 3.05) is 25.7 Å². The zero-order chi connectivity index (χ0) is 20.1. The van der Waals surface area contributed by atoms with Crippen molar-refractivity contribution in [2.24, 2.45) is 11.0 Å². The zero-order valence-electron chi connectivity index (χ0n) is 15.5. The van der Waals surface area contributed by atoms with E-state index in [1.165, 1.54) is 13.3 Å². The summed E-state index contributed by atoms with van der Waals surface area (Å²) in [4.78, 5) is 26.3. The predicted octanol–water partition coefficient (Wildman–Crippen LogP) is 2.86. The molecule has 0 unspecified atom stereocenters. The summed E-state index contributed by atoms with van der Waals surface area (Å²) in [7, 11) is 3.08. The van der Waals surface area contributed by atoms with Crippen LogP contribution in [-0.2, 0) is 9.59 Å². The second-order valence-electron chi connectivity index (χ2n) is 6.20. The molecule has 28 heavy (non-hydrogen) atoms. The highest BCUT2D eigenvalue weighted by molar-refractivity contribution is 6.30. The minimum Gasteiger partial charge on any atom is -0.493 e. The monoisotopic (exact) mass is 401 g/mol. The quantitative estimate of drug-likeness (QED) is 0.596. The first-order chi connectivity index (χ1) is 13.5. The largest absolute Gasteiger partial charge is 0.493 e. The maximum absolute atomic E-state index is 12.4. The molecule has 146 valence electrons. The second-order valence-corrected chi connectivity index (χ2v) is 6.64. The van der Waals surface area contributed by atoms with E-state index in [4.69, 9.17) is 21.1 Å². The minimum absolute atomic E-state index is 0.110. The Morgan fingerprint density at radius 1 is 1.21 bits per heavy atom. The normalized spacial score (nSPS) is 16.5. The van der Waals surface area contributed by atoms with Crippen LogP contribution >= 0.6 is 11.6 Å². The van der Waals surface area contributed by atoms with Gasteiger partial charge in [-0.1, -0.05) is 17.7 Å². The van der Waals surface area contributed by atoms with Gasteiger partial charge in [-0.25, -0.2) is 5.43 Å². The smallest absolute Gasteiger partial charge is 0.245 e. The molecular formula is C20H20ClN3O4. The van der Waals surface area contributed by atoms with E-state index in [0.717, 1.165) is 0 Å². The zero-order valence-corrected chi connectivity index (χ0v) is 16.3. The van der Waals surface area contributed by atoms with E-state index >= 15 is 0 Å². The Morgan fingerprint density at radius 3 is 2.64 bits per heavy atom. The van der Waals surface area contributed by atoms with Gasteiger partial charge in [0.05, 0.1) is 26.4 Å². The Morgan fingerprint density at radius 2 is 1.96 bits per heavy atom. The molecule has 8 heteroatoms. The molecule has 0 aliphatic carbocycles. The van der Waals surface area contributed by atoms with E-state index in [2.05, 4.69) is 10.5 Å². The Labute approximate surface area is 167 Å². The molecular weight excluding hydrogens is 382 g/mol. The van der Waals surface area contributed by atoms with Gasteiger partial charge in [0.25, 0.3) is 0 Å². The van der Waals surface area contributed by atoms with Crippen molar-refractivity contribution in [1.29, 1.82) is 0 Å². The molecule has 1 saturated heterocycles. The third-order valence-corrected chi connectivity index (χ3v) is 4.70. The highest BCUT2D eigenvalue weighted by Crippen LogP contribution is 2.29. The number of rotatable bonds is 6. The van der Waals surface area contributed by atoms with Gasteiger partial charge in [-0.05, 0) is 36.4 Å². The molecule has 3 rings (SSSR count). The summed E-state index contributed by atoms with van der Waals surface area (Å²) in [5, 5.41) is 4.59. The topological polar surface area (TPSA) is 80.2 Å². The van der Waals surface area contributed by atoms with Gasteiger partial charge in [0.1, 0.15) is 0 Å². The molecule has 7 nitrogen and oxygen atoms in total. The number of benzene rings is 2. The Balaban J connectivity index is 1.64. The average molecular weight is 402 g/mol. The van der Waals surface area contributed by atoms with Gasteiger partial charge in [0.15, 0.2) is 11.5 Å². The van der Waals surface area contributed by atoms with Crippen molar-refractivity contribution in [3.05, 3.63) is 53.1 Å². The standard InChI is InChI=1S/C20H20ClN3O4/c1-27-17-5-3-4-13(19(17)28-2)11-22-23-20(26)14-10-18(25)24(12-14)16-8-6-15(21)7-9-16/h3-9,11,14H,10,12H2,1-2H3,(H,23,26)/b22-11-/t14-/m1/s1. The van der Waals surface area contributed by atoms with Gasteiger partial charge in [0, 0.05) is 29.2 Å². The number of anilines is 1. The van der Waals surface area contributed by atoms with Crippen LogP contribution in [0.1, 0.15) is 12.0 Å². The number of para-hydroxylation sites is 1. The van der Waals surface area contributed by atoms with Crippen LogP contribution < -0.4 is 19.8 Å². The van der Waals surface area contributed by atoms with E-state index < -0.39 is 5.92 Å². The number of ether oxygens (including phenoxy) is 2. The van der Waals surface area contributed by atoms with E-state index in [1.807, 2.05) is 0 Å². The summed E-state index contributed by atoms with van der Waals surface area (Å²) in [6, 6.07) is 12.3. The molecule has 2 aromatic rings. The van der Waals surface area contributed by atoms with Gasteiger partial charge in [-0.3, -0.25) is 9.59 Å². The molecule has 1 atom stereocenters. The molecule has 0 aromatic heterocycles. The van der Waals surface area contributed by atoms with Gasteiger partial charge in [0.2, 0.25) is 11.8 Å². The van der Waals surface area contributed by atoms with Crippen molar-refractivity contribution in [2.45, 2.75) is 6.42 Å².